The van der Waals surface area contributed by atoms with Crippen LogP contribution in [0.1, 0.15) is 71.6 Å². The molecule has 4 heteroatoms. The van der Waals surface area contributed by atoms with Crippen molar-refractivity contribution in [1.82, 2.24) is 5.32 Å². The predicted molar refractivity (Wildman–Crippen MR) is 129 cm³/mol. The second-order valence-corrected chi connectivity index (χ2v) is 10.0. The van der Waals surface area contributed by atoms with Crippen molar-refractivity contribution in [2.75, 3.05) is 18.0 Å². The normalized spacial score (nSPS) is 18.9. The molecule has 0 aliphatic carbocycles. The van der Waals surface area contributed by atoms with Gasteiger partial charge in [-0.15, -0.1) is 0 Å². The van der Waals surface area contributed by atoms with Crippen LogP contribution < -0.4 is 15.0 Å². The first-order valence-corrected chi connectivity index (χ1v) is 11.6. The van der Waals surface area contributed by atoms with Crippen molar-refractivity contribution >= 4 is 11.6 Å². The fourth-order valence-electron chi connectivity index (χ4n) is 4.10. The Morgan fingerprint density at radius 3 is 2.29 bits per heavy atom. The molecule has 0 radical (unpaired) electrons. The molecule has 3 rings (SSSR count). The standard InChI is InChI=1S/C27H38N2O2/c1-19-8-7-17-29(18-19)24-13-9-22(10-14-24)20(2)28-26(30)21(3)31-25-15-11-23(12-16-25)27(4,5)6/h9-16,19-21H,7-8,17-18H2,1-6H3,(H,28,30)/t19-,20-,21+/m1/s1. The van der Waals surface area contributed by atoms with E-state index < -0.39 is 6.10 Å². The minimum absolute atomic E-state index is 0.0730. The Hall–Kier alpha value is -2.49. The highest BCUT2D eigenvalue weighted by atomic mass is 16.5. The maximum atomic E-state index is 12.7. The number of nitrogens with zero attached hydrogens (tertiary/aromatic N) is 1. The smallest absolute Gasteiger partial charge is 0.261 e. The molecule has 1 fully saturated rings. The fraction of sp³-hybridized carbons (Fsp3) is 0.519. The zero-order valence-corrected chi connectivity index (χ0v) is 19.9. The van der Waals surface area contributed by atoms with Gasteiger partial charge in [-0.25, -0.2) is 0 Å². The van der Waals surface area contributed by atoms with Crippen molar-refractivity contribution < 1.29 is 9.53 Å². The van der Waals surface area contributed by atoms with Crippen LogP contribution in [0.5, 0.6) is 5.75 Å². The van der Waals surface area contributed by atoms with Crippen LogP contribution in [0, 0.1) is 5.92 Å². The minimum atomic E-state index is -0.558. The SMILES string of the molecule is C[C@@H]1CCCN(c2ccc([C@@H](C)NC(=O)[C@H](C)Oc3ccc(C(C)(C)C)cc3)cc2)C1. The summed E-state index contributed by atoms with van der Waals surface area (Å²) >= 11 is 0. The van der Waals surface area contributed by atoms with Crippen molar-refractivity contribution in [2.45, 2.75) is 71.9 Å². The summed E-state index contributed by atoms with van der Waals surface area (Å²) in [5.41, 5.74) is 3.71. The molecular weight excluding hydrogens is 384 g/mol. The van der Waals surface area contributed by atoms with Crippen LogP contribution in [0.2, 0.25) is 0 Å². The molecule has 168 valence electrons. The molecule has 0 unspecified atom stereocenters. The lowest BCUT2D eigenvalue weighted by Gasteiger charge is -2.33. The van der Waals surface area contributed by atoms with Gasteiger partial charge < -0.3 is 15.0 Å². The number of carbonyl (C=O) groups excluding carboxylic acids is 1. The lowest BCUT2D eigenvalue weighted by molar-refractivity contribution is -0.127. The molecule has 1 N–H and O–H groups in total. The van der Waals surface area contributed by atoms with Crippen LogP contribution in [0.15, 0.2) is 48.5 Å². The third-order valence-corrected chi connectivity index (χ3v) is 6.18. The van der Waals surface area contributed by atoms with Crippen LogP contribution in [-0.2, 0) is 10.2 Å². The lowest BCUT2D eigenvalue weighted by Crippen LogP contribution is -2.37. The maximum absolute atomic E-state index is 12.7. The number of piperidine rings is 1. The minimum Gasteiger partial charge on any atom is -0.481 e. The highest BCUT2D eigenvalue weighted by Gasteiger charge is 2.20. The Kier molecular flexibility index (Phi) is 7.30. The Morgan fingerprint density at radius 2 is 1.71 bits per heavy atom. The molecule has 1 amide bonds. The van der Waals surface area contributed by atoms with Gasteiger partial charge in [0.1, 0.15) is 5.75 Å². The number of ether oxygens (including phenoxy) is 1. The van der Waals surface area contributed by atoms with E-state index in [1.807, 2.05) is 19.1 Å². The Labute approximate surface area is 188 Å². The topological polar surface area (TPSA) is 41.6 Å². The fourth-order valence-corrected chi connectivity index (χ4v) is 4.10. The molecular formula is C27H38N2O2. The van der Waals surface area contributed by atoms with Gasteiger partial charge in [0, 0.05) is 18.8 Å². The first-order chi connectivity index (χ1) is 14.6. The predicted octanol–water partition coefficient (Wildman–Crippen LogP) is 5.87. The van der Waals surface area contributed by atoms with Crippen molar-refractivity contribution in [3.8, 4) is 5.75 Å². The van der Waals surface area contributed by atoms with Crippen molar-refractivity contribution in [3.05, 3.63) is 59.7 Å². The van der Waals surface area contributed by atoms with Crippen molar-refractivity contribution in [3.63, 3.8) is 0 Å². The first-order valence-electron chi connectivity index (χ1n) is 11.6. The van der Waals surface area contributed by atoms with E-state index in [1.54, 1.807) is 6.92 Å². The molecule has 1 heterocycles. The molecule has 4 nitrogen and oxygen atoms in total. The number of amides is 1. The molecule has 1 saturated heterocycles. The molecule has 2 aromatic carbocycles. The van der Waals surface area contributed by atoms with Gasteiger partial charge in [-0.05, 0) is 73.4 Å². The van der Waals surface area contributed by atoms with E-state index in [0.29, 0.717) is 5.75 Å². The van der Waals surface area contributed by atoms with Crippen LogP contribution in [-0.4, -0.2) is 25.1 Å². The average molecular weight is 423 g/mol. The zero-order chi connectivity index (χ0) is 22.6. The second-order valence-electron chi connectivity index (χ2n) is 10.0. The van der Waals surface area contributed by atoms with E-state index in [2.05, 4.69) is 74.3 Å². The molecule has 3 atom stereocenters. The molecule has 0 bridgehead atoms. The van der Waals surface area contributed by atoms with E-state index in [-0.39, 0.29) is 17.4 Å². The van der Waals surface area contributed by atoms with Crippen molar-refractivity contribution in [1.29, 1.82) is 0 Å². The van der Waals surface area contributed by atoms with Gasteiger partial charge >= 0.3 is 0 Å². The number of hydrogen-bond acceptors (Lipinski definition) is 3. The van der Waals surface area contributed by atoms with Gasteiger partial charge in [-0.2, -0.15) is 0 Å². The Bertz CT molecular complexity index is 852. The van der Waals surface area contributed by atoms with Gasteiger partial charge in [0.15, 0.2) is 6.10 Å². The summed E-state index contributed by atoms with van der Waals surface area (Å²) < 4.78 is 5.87. The van der Waals surface area contributed by atoms with Crippen LogP contribution in [0.25, 0.3) is 0 Å². The first kappa shape index (κ1) is 23.2. The quantitative estimate of drug-likeness (QED) is 0.633. The molecule has 1 aliphatic heterocycles. The number of benzene rings is 2. The summed E-state index contributed by atoms with van der Waals surface area (Å²) in [7, 11) is 0. The van der Waals surface area contributed by atoms with Crippen LogP contribution in [0.4, 0.5) is 5.69 Å². The third kappa shape index (κ3) is 6.25. The van der Waals surface area contributed by atoms with E-state index in [9.17, 15) is 4.79 Å². The number of carbonyl (C=O) groups is 1. The molecule has 2 aromatic rings. The van der Waals surface area contributed by atoms with Gasteiger partial charge in [-0.1, -0.05) is 52.0 Å². The Morgan fingerprint density at radius 1 is 1.06 bits per heavy atom. The van der Waals surface area contributed by atoms with E-state index in [0.717, 1.165) is 24.6 Å². The van der Waals surface area contributed by atoms with E-state index >= 15 is 0 Å². The summed E-state index contributed by atoms with van der Waals surface area (Å²) in [6, 6.07) is 16.5. The van der Waals surface area contributed by atoms with Gasteiger partial charge in [0.25, 0.3) is 5.91 Å². The monoisotopic (exact) mass is 422 g/mol. The van der Waals surface area contributed by atoms with Gasteiger partial charge in [0.2, 0.25) is 0 Å². The summed E-state index contributed by atoms with van der Waals surface area (Å²) in [5, 5.41) is 3.08. The molecule has 0 saturated carbocycles. The average Bonchev–Trinajstić information content (AvgIpc) is 2.73. The molecule has 0 spiro atoms. The summed E-state index contributed by atoms with van der Waals surface area (Å²) in [6.07, 6.45) is 2.02. The largest absolute Gasteiger partial charge is 0.481 e. The van der Waals surface area contributed by atoms with Gasteiger partial charge in [-0.3, -0.25) is 4.79 Å². The highest BCUT2D eigenvalue weighted by molar-refractivity contribution is 5.81. The van der Waals surface area contributed by atoms with Crippen LogP contribution in [0.3, 0.4) is 0 Å². The van der Waals surface area contributed by atoms with Gasteiger partial charge in [0.05, 0.1) is 6.04 Å². The summed E-state index contributed by atoms with van der Waals surface area (Å²) in [5.74, 6) is 1.35. The summed E-state index contributed by atoms with van der Waals surface area (Å²) in [6.45, 7) is 14.9. The lowest BCUT2D eigenvalue weighted by atomic mass is 9.87. The maximum Gasteiger partial charge on any atom is 0.261 e. The van der Waals surface area contributed by atoms with Crippen molar-refractivity contribution in [2.24, 2.45) is 5.92 Å². The zero-order valence-electron chi connectivity index (χ0n) is 19.9. The summed E-state index contributed by atoms with van der Waals surface area (Å²) in [4.78, 5) is 15.1. The highest BCUT2D eigenvalue weighted by Crippen LogP contribution is 2.26. The Balaban J connectivity index is 1.54. The van der Waals surface area contributed by atoms with E-state index in [4.69, 9.17) is 4.74 Å². The second kappa shape index (κ2) is 9.76. The number of nitrogens with one attached hydrogen (secondary N) is 1. The molecule has 31 heavy (non-hydrogen) atoms. The van der Waals surface area contributed by atoms with E-state index in [1.165, 1.54) is 24.1 Å². The third-order valence-electron chi connectivity index (χ3n) is 6.18. The molecule has 0 aromatic heterocycles. The number of rotatable bonds is 6. The number of hydrogen-bond donors (Lipinski definition) is 1. The van der Waals surface area contributed by atoms with Crippen LogP contribution >= 0.6 is 0 Å². The molecule has 1 aliphatic rings. The number of anilines is 1.